The number of nitrogens with one attached hydrogen (secondary N) is 1. The molecule has 0 bridgehead atoms. The lowest BCUT2D eigenvalue weighted by Gasteiger charge is -2.16. The lowest BCUT2D eigenvalue weighted by atomic mass is 10.2. The van der Waals surface area contributed by atoms with Gasteiger partial charge in [0.25, 0.3) is 0 Å². The highest BCUT2D eigenvalue weighted by atomic mass is 35.5. The third-order valence-corrected chi connectivity index (χ3v) is 4.78. The highest BCUT2D eigenvalue weighted by molar-refractivity contribution is 7.88. The summed E-state index contributed by atoms with van der Waals surface area (Å²) in [6, 6.07) is 3.69. The zero-order valence-electron chi connectivity index (χ0n) is 10.7. The molecule has 1 saturated carbocycles. The smallest absolute Gasteiger partial charge is 0.216 e. The van der Waals surface area contributed by atoms with Crippen molar-refractivity contribution in [2.24, 2.45) is 11.7 Å². The summed E-state index contributed by atoms with van der Waals surface area (Å²) in [7, 11) is -3.49. The van der Waals surface area contributed by atoms with Crippen molar-refractivity contribution in [1.29, 1.82) is 0 Å². The van der Waals surface area contributed by atoms with Crippen molar-refractivity contribution in [3.63, 3.8) is 0 Å². The molecule has 0 amide bonds. The van der Waals surface area contributed by atoms with E-state index >= 15 is 0 Å². The Hall–Kier alpha value is -0.400. The molecule has 0 radical (unpaired) electrons. The van der Waals surface area contributed by atoms with Crippen LogP contribution in [0.15, 0.2) is 18.2 Å². The zero-order chi connectivity index (χ0) is 14.0. The summed E-state index contributed by atoms with van der Waals surface area (Å²) in [6.07, 6.45) is 2.01. The third kappa shape index (κ3) is 4.86. The van der Waals surface area contributed by atoms with Gasteiger partial charge in [-0.3, -0.25) is 0 Å². The van der Waals surface area contributed by atoms with E-state index in [0.717, 1.165) is 18.9 Å². The van der Waals surface area contributed by atoms with Crippen molar-refractivity contribution in [1.82, 2.24) is 4.72 Å². The van der Waals surface area contributed by atoms with Gasteiger partial charge in [0.15, 0.2) is 0 Å². The van der Waals surface area contributed by atoms with Crippen LogP contribution in [-0.2, 0) is 15.8 Å². The number of hydrogen-bond donors (Lipinski definition) is 2. The van der Waals surface area contributed by atoms with Gasteiger partial charge in [0, 0.05) is 12.6 Å². The molecule has 1 aliphatic rings. The standard InChI is InChI=1S/C12H16ClFN2O2S.ClH/c13-10-5-8(1-4-11(10)14)7-19(17,18)16-12(6-15)9-2-3-9;/h1,4-5,9,12,16H,2-3,6-7,15H2;1H. The molecule has 0 saturated heterocycles. The average Bonchev–Trinajstić information content (AvgIpc) is 3.15. The second-order valence-corrected chi connectivity index (χ2v) is 6.97. The van der Waals surface area contributed by atoms with Crippen LogP contribution in [0.2, 0.25) is 5.02 Å². The number of benzene rings is 1. The monoisotopic (exact) mass is 342 g/mol. The maximum atomic E-state index is 13.0. The summed E-state index contributed by atoms with van der Waals surface area (Å²) in [5.41, 5.74) is 6.01. The predicted octanol–water partition coefficient (Wildman–Crippen LogP) is 2.06. The van der Waals surface area contributed by atoms with Gasteiger partial charge < -0.3 is 5.73 Å². The van der Waals surface area contributed by atoms with Crippen LogP contribution in [-0.4, -0.2) is 21.0 Å². The number of hydrogen-bond acceptors (Lipinski definition) is 3. The van der Waals surface area contributed by atoms with Crippen LogP contribution in [0.5, 0.6) is 0 Å². The molecule has 1 atom stereocenters. The second-order valence-electron chi connectivity index (χ2n) is 4.81. The van der Waals surface area contributed by atoms with Gasteiger partial charge in [-0.1, -0.05) is 17.7 Å². The Kier molecular flexibility index (Phi) is 6.22. The van der Waals surface area contributed by atoms with E-state index in [4.69, 9.17) is 17.3 Å². The molecule has 2 rings (SSSR count). The van der Waals surface area contributed by atoms with Crippen molar-refractivity contribution in [3.05, 3.63) is 34.6 Å². The van der Waals surface area contributed by atoms with E-state index < -0.39 is 15.8 Å². The predicted molar refractivity (Wildman–Crippen MR) is 80.0 cm³/mol. The van der Waals surface area contributed by atoms with Gasteiger partial charge in [0.05, 0.1) is 10.8 Å². The van der Waals surface area contributed by atoms with E-state index in [-0.39, 0.29) is 35.8 Å². The first-order chi connectivity index (χ1) is 8.91. The van der Waals surface area contributed by atoms with Crippen LogP contribution in [0.1, 0.15) is 18.4 Å². The summed E-state index contributed by atoms with van der Waals surface area (Å²) in [5.74, 6) is -0.443. The van der Waals surface area contributed by atoms with E-state index in [1.807, 2.05) is 0 Å². The van der Waals surface area contributed by atoms with E-state index in [1.165, 1.54) is 12.1 Å². The van der Waals surface area contributed by atoms with Gasteiger partial charge in [0.2, 0.25) is 10.0 Å². The van der Waals surface area contributed by atoms with Gasteiger partial charge in [0.1, 0.15) is 5.82 Å². The minimum absolute atomic E-state index is 0. The van der Waals surface area contributed by atoms with Crippen LogP contribution in [0.3, 0.4) is 0 Å². The summed E-state index contributed by atoms with van der Waals surface area (Å²) in [4.78, 5) is 0. The Balaban J connectivity index is 0.00000200. The van der Waals surface area contributed by atoms with Gasteiger partial charge in [-0.15, -0.1) is 12.4 Å². The molecule has 4 nitrogen and oxygen atoms in total. The van der Waals surface area contributed by atoms with Crippen LogP contribution in [0.4, 0.5) is 4.39 Å². The SMILES string of the molecule is Cl.NCC(NS(=O)(=O)Cc1ccc(F)c(Cl)c1)C1CC1. The molecule has 1 aliphatic carbocycles. The summed E-state index contributed by atoms with van der Waals surface area (Å²) in [5, 5.41) is -0.0785. The topological polar surface area (TPSA) is 72.2 Å². The molecular weight excluding hydrogens is 326 g/mol. The molecule has 114 valence electrons. The van der Waals surface area contributed by atoms with Crippen LogP contribution < -0.4 is 10.5 Å². The normalized spacial score (nSPS) is 16.6. The number of rotatable bonds is 6. The Bertz CT molecular complexity index is 565. The molecule has 20 heavy (non-hydrogen) atoms. The Morgan fingerprint density at radius 2 is 2.10 bits per heavy atom. The fourth-order valence-corrected chi connectivity index (χ4v) is 3.61. The number of nitrogens with two attached hydrogens (primary N) is 1. The molecule has 1 aromatic rings. The maximum absolute atomic E-state index is 13.0. The van der Waals surface area contributed by atoms with Crippen LogP contribution in [0.25, 0.3) is 0 Å². The van der Waals surface area contributed by atoms with Gasteiger partial charge in [-0.05, 0) is 36.5 Å². The van der Waals surface area contributed by atoms with Gasteiger partial charge in [-0.2, -0.15) is 0 Å². The lowest BCUT2D eigenvalue weighted by molar-refractivity contribution is 0.518. The Morgan fingerprint density at radius 3 is 2.60 bits per heavy atom. The largest absolute Gasteiger partial charge is 0.329 e. The summed E-state index contributed by atoms with van der Waals surface area (Å²) in [6.45, 7) is 0.286. The molecular formula is C12H17Cl2FN2O2S. The van der Waals surface area contributed by atoms with E-state index in [9.17, 15) is 12.8 Å². The molecule has 1 unspecified atom stereocenters. The number of sulfonamides is 1. The lowest BCUT2D eigenvalue weighted by Crippen LogP contribution is -2.42. The highest BCUT2D eigenvalue weighted by Crippen LogP contribution is 2.32. The molecule has 0 aromatic heterocycles. The molecule has 0 aliphatic heterocycles. The maximum Gasteiger partial charge on any atom is 0.216 e. The molecule has 1 fully saturated rings. The Labute approximate surface area is 129 Å². The van der Waals surface area contributed by atoms with Crippen molar-refractivity contribution in [2.45, 2.75) is 24.6 Å². The average molecular weight is 343 g/mol. The minimum Gasteiger partial charge on any atom is -0.329 e. The van der Waals surface area contributed by atoms with Crippen LogP contribution >= 0.6 is 24.0 Å². The van der Waals surface area contributed by atoms with Crippen molar-refractivity contribution in [2.75, 3.05) is 6.54 Å². The molecule has 0 heterocycles. The quantitative estimate of drug-likeness (QED) is 0.830. The van der Waals surface area contributed by atoms with E-state index in [0.29, 0.717) is 11.5 Å². The fraction of sp³-hybridized carbons (Fsp3) is 0.500. The van der Waals surface area contributed by atoms with Gasteiger partial charge >= 0.3 is 0 Å². The van der Waals surface area contributed by atoms with E-state index in [1.54, 1.807) is 0 Å². The molecule has 0 spiro atoms. The van der Waals surface area contributed by atoms with Crippen molar-refractivity contribution >= 4 is 34.0 Å². The van der Waals surface area contributed by atoms with E-state index in [2.05, 4.69) is 4.72 Å². The first kappa shape index (κ1) is 17.7. The molecule has 1 aromatic carbocycles. The summed E-state index contributed by atoms with van der Waals surface area (Å²) >= 11 is 5.63. The fourth-order valence-electron chi connectivity index (χ4n) is 1.96. The van der Waals surface area contributed by atoms with Crippen molar-refractivity contribution in [3.8, 4) is 0 Å². The van der Waals surface area contributed by atoms with Crippen molar-refractivity contribution < 1.29 is 12.8 Å². The molecule has 3 N–H and O–H groups in total. The first-order valence-corrected chi connectivity index (χ1v) is 8.08. The summed E-state index contributed by atoms with van der Waals surface area (Å²) < 4.78 is 39.6. The highest BCUT2D eigenvalue weighted by Gasteiger charge is 2.32. The van der Waals surface area contributed by atoms with Gasteiger partial charge in [-0.25, -0.2) is 17.5 Å². The second kappa shape index (κ2) is 7.04. The molecule has 8 heteroatoms. The van der Waals surface area contributed by atoms with Crippen LogP contribution in [0, 0.1) is 11.7 Å². The third-order valence-electron chi connectivity index (χ3n) is 3.12. The first-order valence-electron chi connectivity index (χ1n) is 6.05. The Morgan fingerprint density at radius 1 is 1.45 bits per heavy atom. The number of halogens is 3. The minimum atomic E-state index is -3.49. The zero-order valence-corrected chi connectivity index (χ0v) is 13.1.